The highest BCUT2D eigenvalue weighted by Crippen LogP contribution is 2.29. The Balaban J connectivity index is 1.44. The molecule has 33 heavy (non-hydrogen) atoms. The molecule has 1 atom stereocenters. The Morgan fingerprint density at radius 2 is 2.00 bits per heavy atom. The van der Waals surface area contributed by atoms with Crippen LogP contribution in [0.25, 0.3) is 11.1 Å². The van der Waals surface area contributed by atoms with Crippen LogP contribution in [0.15, 0.2) is 79.8 Å². The molecule has 2 N–H and O–H groups in total. The van der Waals surface area contributed by atoms with Gasteiger partial charge in [-0.3, -0.25) is 9.52 Å². The molecule has 2 aromatic heterocycles. The van der Waals surface area contributed by atoms with Crippen LogP contribution in [-0.4, -0.2) is 32.2 Å². The number of hydrogen-bond acceptors (Lipinski definition) is 8. The van der Waals surface area contributed by atoms with Gasteiger partial charge in [-0.05, 0) is 49.4 Å². The summed E-state index contributed by atoms with van der Waals surface area (Å²) in [7, 11) is -2.42. The van der Waals surface area contributed by atoms with Crippen molar-refractivity contribution in [3.63, 3.8) is 0 Å². The monoisotopic (exact) mass is 487 g/mol. The van der Waals surface area contributed by atoms with Gasteiger partial charge < -0.3 is 18.9 Å². The third kappa shape index (κ3) is 5.32. The minimum Gasteiger partial charge on any atom is -0.495 e. The molecular weight excluding hydrogens is 466 g/mol. The number of benzene rings is 2. The van der Waals surface area contributed by atoms with Crippen LogP contribution in [0.1, 0.15) is 18.7 Å². The second kappa shape index (κ2) is 9.59. The molecule has 2 aromatic carbocycles. The minimum absolute atomic E-state index is 0.0239. The number of carbonyl (C=O) groups excluding carboxylic acids is 1. The van der Waals surface area contributed by atoms with E-state index in [9.17, 15) is 13.2 Å². The van der Waals surface area contributed by atoms with Crippen molar-refractivity contribution in [1.29, 1.82) is 0 Å². The quantitative estimate of drug-likeness (QED) is 0.337. The fraction of sp³-hybridized carbons (Fsp3) is 0.182. The van der Waals surface area contributed by atoms with Crippen molar-refractivity contribution in [2.75, 3.05) is 17.6 Å². The maximum atomic E-state index is 12.8. The summed E-state index contributed by atoms with van der Waals surface area (Å²) < 4.78 is 44.3. The van der Waals surface area contributed by atoms with Gasteiger partial charge in [0.1, 0.15) is 17.0 Å². The van der Waals surface area contributed by atoms with Crippen LogP contribution in [0, 0.1) is 0 Å². The number of fused-ring (bicyclic) bond motifs is 1. The second-order valence-corrected chi connectivity index (χ2v) is 9.62. The molecule has 0 aliphatic rings. The summed E-state index contributed by atoms with van der Waals surface area (Å²) in [5.74, 6) is 0.932. The van der Waals surface area contributed by atoms with Crippen LogP contribution in [0.3, 0.4) is 0 Å². The van der Waals surface area contributed by atoms with Crippen LogP contribution < -0.4 is 14.8 Å². The molecule has 0 saturated heterocycles. The number of nitrogens with zero attached hydrogens (tertiary/aromatic N) is 1. The summed E-state index contributed by atoms with van der Waals surface area (Å²) in [6.07, 6.45) is 1.55. The number of thioether (sulfide) groups is 1. The zero-order valence-electron chi connectivity index (χ0n) is 17.8. The number of nitrogens with one attached hydrogen (secondary N) is 2. The van der Waals surface area contributed by atoms with Gasteiger partial charge in [-0.2, -0.15) is 0 Å². The zero-order valence-corrected chi connectivity index (χ0v) is 19.4. The lowest BCUT2D eigenvalue weighted by Crippen LogP contribution is -2.27. The minimum atomic E-state index is -3.88. The van der Waals surface area contributed by atoms with Gasteiger partial charge in [0, 0.05) is 0 Å². The van der Waals surface area contributed by atoms with E-state index in [1.165, 1.54) is 25.3 Å². The first-order chi connectivity index (χ1) is 15.9. The summed E-state index contributed by atoms with van der Waals surface area (Å²) in [5, 5.41) is 3.09. The fourth-order valence-electron chi connectivity index (χ4n) is 3.07. The molecule has 2 heterocycles. The summed E-state index contributed by atoms with van der Waals surface area (Å²) in [6.45, 7) is 1.82. The third-order valence-corrected chi connectivity index (χ3v) is 6.87. The average Bonchev–Trinajstić information content (AvgIpc) is 3.47. The van der Waals surface area contributed by atoms with E-state index in [0.29, 0.717) is 28.3 Å². The SMILES string of the molecule is COc1ccccc1NS(=O)(=O)c1ccc2oc(SCC(=O)N[C@H](C)c3ccco3)nc2c1. The Kier molecular flexibility index (Phi) is 6.61. The number of furan rings is 1. The van der Waals surface area contributed by atoms with E-state index in [1.54, 1.807) is 42.7 Å². The van der Waals surface area contributed by atoms with E-state index in [0.717, 1.165) is 11.8 Å². The van der Waals surface area contributed by atoms with Gasteiger partial charge in [-0.15, -0.1) is 0 Å². The Morgan fingerprint density at radius 1 is 1.18 bits per heavy atom. The molecule has 0 radical (unpaired) electrons. The lowest BCUT2D eigenvalue weighted by atomic mass is 10.2. The van der Waals surface area contributed by atoms with E-state index in [1.807, 2.05) is 6.92 Å². The largest absolute Gasteiger partial charge is 0.495 e. The van der Waals surface area contributed by atoms with Crippen LogP contribution in [0.4, 0.5) is 5.69 Å². The number of carbonyl (C=O) groups is 1. The number of methoxy groups -OCH3 is 1. The van der Waals surface area contributed by atoms with Gasteiger partial charge >= 0.3 is 0 Å². The number of para-hydroxylation sites is 2. The number of rotatable bonds is 9. The molecule has 0 saturated carbocycles. The molecule has 0 unspecified atom stereocenters. The Labute approximate surface area is 194 Å². The zero-order chi connectivity index (χ0) is 23.4. The highest BCUT2D eigenvalue weighted by Gasteiger charge is 2.19. The number of amides is 1. The van der Waals surface area contributed by atoms with E-state index in [4.69, 9.17) is 13.6 Å². The molecule has 0 spiro atoms. The highest BCUT2D eigenvalue weighted by atomic mass is 32.2. The van der Waals surface area contributed by atoms with Crippen molar-refractivity contribution in [2.45, 2.75) is 23.1 Å². The maximum Gasteiger partial charge on any atom is 0.262 e. The first-order valence-electron chi connectivity index (χ1n) is 9.88. The van der Waals surface area contributed by atoms with E-state index in [2.05, 4.69) is 15.0 Å². The number of hydrogen-bond donors (Lipinski definition) is 2. The molecule has 0 bridgehead atoms. The molecule has 0 aliphatic heterocycles. The van der Waals surface area contributed by atoms with Gasteiger partial charge in [0.05, 0.1) is 35.8 Å². The number of sulfonamides is 1. The predicted octanol–water partition coefficient (Wildman–Crippen LogP) is 4.20. The van der Waals surface area contributed by atoms with E-state index in [-0.39, 0.29) is 27.8 Å². The molecule has 0 fully saturated rings. The molecule has 9 nitrogen and oxygen atoms in total. The van der Waals surface area contributed by atoms with Gasteiger partial charge in [0.15, 0.2) is 5.58 Å². The number of oxazole rings is 1. The van der Waals surface area contributed by atoms with Crippen molar-refractivity contribution in [1.82, 2.24) is 10.3 Å². The highest BCUT2D eigenvalue weighted by molar-refractivity contribution is 7.99. The molecule has 4 rings (SSSR count). The summed E-state index contributed by atoms with van der Waals surface area (Å²) in [4.78, 5) is 16.5. The lowest BCUT2D eigenvalue weighted by Gasteiger charge is -2.11. The number of ether oxygens (including phenoxy) is 1. The summed E-state index contributed by atoms with van der Waals surface area (Å²) >= 11 is 1.11. The summed E-state index contributed by atoms with van der Waals surface area (Å²) in [6, 6.07) is 14.4. The van der Waals surface area contributed by atoms with Crippen molar-refractivity contribution < 1.29 is 26.8 Å². The fourth-order valence-corrected chi connectivity index (χ4v) is 4.81. The first kappa shape index (κ1) is 22.7. The number of aromatic nitrogens is 1. The molecule has 11 heteroatoms. The summed E-state index contributed by atoms with van der Waals surface area (Å²) in [5.41, 5.74) is 1.11. The van der Waals surface area contributed by atoms with Crippen molar-refractivity contribution in [3.8, 4) is 5.75 Å². The molecule has 172 valence electrons. The van der Waals surface area contributed by atoms with Crippen LogP contribution in [0.2, 0.25) is 0 Å². The smallest absolute Gasteiger partial charge is 0.262 e. The lowest BCUT2D eigenvalue weighted by molar-refractivity contribution is -0.119. The van der Waals surface area contributed by atoms with Crippen molar-refractivity contribution >= 4 is 44.5 Å². The van der Waals surface area contributed by atoms with Crippen molar-refractivity contribution in [3.05, 3.63) is 66.6 Å². The van der Waals surface area contributed by atoms with Gasteiger partial charge in [0.2, 0.25) is 5.91 Å². The van der Waals surface area contributed by atoms with E-state index < -0.39 is 10.0 Å². The van der Waals surface area contributed by atoms with Gasteiger partial charge in [0.25, 0.3) is 15.2 Å². The van der Waals surface area contributed by atoms with Crippen LogP contribution in [-0.2, 0) is 14.8 Å². The Bertz CT molecular complexity index is 1370. The maximum absolute atomic E-state index is 12.8. The third-order valence-electron chi connectivity index (χ3n) is 4.68. The molecule has 1 amide bonds. The van der Waals surface area contributed by atoms with Gasteiger partial charge in [-0.25, -0.2) is 13.4 Å². The first-order valence-corrected chi connectivity index (χ1v) is 12.3. The van der Waals surface area contributed by atoms with Gasteiger partial charge in [-0.1, -0.05) is 23.9 Å². The molecular formula is C22H21N3O6S2. The van der Waals surface area contributed by atoms with Crippen molar-refractivity contribution in [2.24, 2.45) is 0 Å². The molecule has 0 aliphatic carbocycles. The normalized spacial score (nSPS) is 12.4. The number of anilines is 1. The van der Waals surface area contributed by atoms with Crippen LogP contribution >= 0.6 is 11.8 Å². The van der Waals surface area contributed by atoms with Crippen LogP contribution in [0.5, 0.6) is 5.75 Å². The Morgan fingerprint density at radius 3 is 2.76 bits per heavy atom. The second-order valence-electron chi connectivity index (χ2n) is 7.01. The average molecular weight is 488 g/mol. The Hall–Kier alpha value is -3.44. The predicted molar refractivity (Wildman–Crippen MR) is 124 cm³/mol. The standard InChI is InChI=1S/C22H21N3O6S2/c1-14(18-8-5-11-30-18)23-21(26)13-32-22-24-17-12-15(9-10-20(17)31-22)33(27,28)25-16-6-3-4-7-19(16)29-2/h3-12,14,25H,13H2,1-2H3,(H,23,26)/t14-/m1/s1. The topological polar surface area (TPSA) is 124 Å². The molecule has 4 aromatic rings. The van der Waals surface area contributed by atoms with E-state index >= 15 is 0 Å².